The van der Waals surface area contributed by atoms with Gasteiger partial charge in [0.05, 0.1) is 0 Å². The summed E-state index contributed by atoms with van der Waals surface area (Å²) in [4.78, 5) is 22.0. The average Bonchev–Trinajstić information content (AvgIpc) is 2.12. The van der Waals surface area contributed by atoms with Gasteiger partial charge in [-0.05, 0) is 19.1 Å². The van der Waals surface area contributed by atoms with E-state index in [1.54, 1.807) is 0 Å². The van der Waals surface area contributed by atoms with E-state index in [-0.39, 0.29) is 5.57 Å². The fourth-order valence-corrected chi connectivity index (χ4v) is 0.554. The molecule has 0 aromatic heterocycles. The van der Waals surface area contributed by atoms with E-state index in [4.69, 9.17) is 4.74 Å². The molecule has 0 radical (unpaired) electrons. The average molecular weight is 180 g/mol. The summed E-state index contributed by atoms with van der Waals surface area (Å²) >= 11 is 0. The molecular formula is C10H12O3. The summed E-state index contributed by atoms with van der Waals surface area (Å²) in [6.45, 7) is 11.5. The van der Waals surface area contributed by atoms with Gasteiger partial charge >= 0.3 is 5.97 Å². The number of ether oxygens (including phenoxy) is 1. The van der Waals surface area contributed by atoms with Crippen LogP contribution < -0.4 is 0 Å². The zero-order valence-electron chi connectivity index (χ0n) is 7.58. The van der Waals surface area contributed by atoms with Crippen LogP contribution in [0.5, 0.6) is 0 Å². The van der Waals surface area contributed by atoms with Gasteiger partial charge in [0.25, 0.3) is 0 Å². The lowest BCUT2D eigenvalue weighted by Gasteiger charge is -2.10. The lowest BCUT2D eigenvalue weighted by Crippen LogP contribution is -2.23. The second-order valence-electron chi connectivity index (χ2n) is 2.45. The van der Waals surface area contributed by atoms with Crippen molar-refractivity contribution in [2.24, 2.45) is 0 Å². The molecule has 0 amide bonds. The van der Waals surface area contributed by atoms with Crippen LogP contribution in [-0.4, -0.2) is 17.9 Å². The van der Waals surface area contributed by atoms with E-state index in [0.717, 1.165) is 6.08 Å². The highest BCUT2D eigenvalue weighted by Crippen LogP contribution is 2.01. The van der Waals surface area contributed by atoms with Crippen molar-refractivity contribution in [1.82, 2.24) is 0 Å². The zero-order valence-corrected chi connectivity index (χ0v) is 7.58. The largest absolute Gasteiger partial charge is 0.446 e. The van der Waals surface area contributed by atoms with E-state index in [2.05, 4.69) is 19.7 Å². The van der Waals surface area contributed by atoms with Crippen LogP contribution in [0.2, 0.25) is 0 Å². The van der Waals surface area contributed by atoms with Crippen LogP contribution in [0.3, 0.4) is 0 Å². The summed E-state index contributed by atoms with van der Waals surface area (Å²) in [7, 11) is 0. The van der Waals surface area contributed by atoms with Gasteiger partial charge in [0.15, 0.2) is 11.9 Å². The van der Waals surface area contributed by atoms with Crippen LogP contribution in [0.25, 0.3) is 0 Å². The van der Waals surface area contributed by atoms with Crippen LogP contribution in [-0.2, 0) is 14.3 Å². The molecule has 0 N–H and O–H groups in total. The second kappa shape index (κ2) is 5.09. The molecule has 0 aromatic carbocycles. The smallest absolute Gasteiger partial charge is 0.334 e. The first kappa shape index (κ1) is 11.4. The molecule has 1 unspecified atom stereocenters. The number of ketones is 1. The summed E-state index contributed by atoms with van der Waals surface area (Å²) in [5.74, 6) is -1.01. The molecule has 0 aliphatic heterocycles. The Morgan fingerprint density at radius 1 is 1.38 bits per heavy atom. The minimum absolute atomic E-state index is 0.240. The molecule has 13 heavy (non-hydrogen) atoms. The molecule has 0 rings (SSSR count). The van der Waals surface area contributed by atoms with Gasteiger partial charge in [0, 0.05) is 5.57 Å². The maximum Gasteiger partial charge on any atom is 0.334 e. The van der Waals surface area contributed by atoms with Crippen LogP contribution in [0.4, 0.5) is 0 Å². The van der Waals surface area contributed by atoms with E-state index in [1.165, 1.54) is 13.0 Å². The Morgan fingerprint density at radius 2 is 1.92 bits per heavy atom. The number of hydrogen-bond acceptors (Lipinski definition) is 3. The molecule has 0 aliphatic rings. The molecule has 0 saturated heterocycles. The minimum atomic E-state index is -0.957. The molecule has 0 bridgehead atoms. The predicted octanol–water partition coefficient (Wildman–Crippen LogP) is 1.42. The molecule has 3 heteroatoms. The number of rotatable bonds is 5. The number of carbonyl (C=O) groups is 2. The van der Waals surface area contributed by atoms with Crippen molar-refractivity contribution < 1.29 is 14.3 Å². The molecule has 0 fully saturated rings. The molecule has 0 heterocycles. The second-order valence-corrected chi connectivity index (χ2v) is 2.45. The van der Waals surface area contributed by atoms with Gasteiger partial charge in [-0.3, -0.25) is 4.79 Å². The van der Waals surface area contributed by atoms with Gasteiger partial charge in [-0.2, -0.15) is 0 Å². The van der Waals surface area contributed by atoms with E-state index >= 15 is 0 Å². The molecule has 0 aromatic rings. The lowest BCUT2D eigenvalue weighted by atomic mass is 10.2. The summed E-state index contributed by atoms with van der Waals surface area (Å²) in [5, 5.41) is 0. The fourth-order valence-electron chi connectivity index (χ4n) is 0.554. The Hall–Kier alpha value is -1.64. The highest BCUT2D eigenvalue weighted by molar-refractivity contribution is 5.97. The van der Waals surface area contributed by atoms with Crippen LogP contribution in [0.1, 0.15) is 6.92 Å². The first-order valence-corrected chi connectivity index (χ1v) is 3.68. The molecule has 0 aliphatic carbocycles. The van der Waals surface area contributed by atoms with Gasteiger partial charge in [0.2, 0.25) is 0 Å². The highest BCUT2D eigenvalue weighted by Gasteiger charge is 2.16. The molecular weight excluding hydrogens is 168 g/mol. The van der Waals surface area contributed by atoms with Crippen molar-refractivity contribution in [3.8, 4) is 0 Å². The molecule has 70 valence electrons. The number of esters is 1. The summed E-state index contributed by atoms with van der Waals surface area (Å²) < 4.78 is 4.74. The van der Waals surface area contributed by atoms with Crippen molar-refractivity contribution in [2.45, 2.75) is 13.0 Å². The fraction of sp³-hybridized carbons (Fsp3) is 0.200. The van der Waals surface area contributed by atoms with E-state index in [0.29, 0.717) is 0 Å². The predicted molar refractivity (Wildman–Crippen MR) is 50.1 cm³/mol. The van der Waals surface area contributed by atoms with Gasteiger partial charge < -0.3 is 4.74 Å². The zero-order chi connectivity index (χ0) is 10.4. The van der Waals surface area contributed by atoms with Crippen molar-refractivity contribution in [3.05, 3.63) is 37.5 Å². The molecule has 3 nitrogen and oxygen atoms in total. The Morgan fingerprint density at radius 3 is 2.23 bits per heavy atom. The van der Waals surface area contributed by atoms with Gasteiger partial charge in [0.1, 0.15) is 0 Å². The minimum Gasteiger partial charge on any atom is -0.446 e. The first-order valence-electron chi connectivity index (χ1n) is 3.68. The van der Waals surface area contributed by atoms with E-state index in [9.17, 15) is 9.59 Å². The normalized spacial score (nSPS) is 11.2. The third-order valence-electron chi connectivity index (χ3n) is 1.28. The standard InChI is InChI=1S/C10H12O3/c1-5-8(11)9(6-2)13-10(12)7(3)4/h5-6,9H,1-3H2,4H3. The SMILES string of the molecule is C=CC(=O)C(C=C)OC(=O)C(=C)C. The molecule has 0 spiro atoms. The Balaban J connectivity index is 4.38. The topological polar surface area (TPSA) is 43.4 Å². The van der Waals surface area contributed by atoms with Crippen LogP contribution in [0.15, 0.2) is 37.5 Å². The third kappa shape index (κ3) is 3.51. The van der Waals surface area contributed by atoms with E-state index in [1.807, 2.05) is 0 Å². The maximum atomic E-state index is 11.0. The van der Waals surface area contributed by atoms with Crippen LogP contribution in [0, 0.1) is 0 Å². The molecule has 0 saturated carbocycles. The van der Waals surface area contributed by atoms with Gasteiger partial charge in [-0.15, -0.1) is 0 Å². The van der Waals surface area contributed by atoms with Crippen molar-refractivity contribution in [3.63, 3.8) is 0 Å². The lowest BCUT2D eigenvalue weighted by molar-refractivity contribution is -0.146. The highest BCUT2D eigenvalue weighted by atomic mass is 16.5. The number of hydrogen-bond donors (Lipinski definition) is 0. The van der Waals surface area contributed by atoms with Gasteiger partial charge in [-0.25, -0.2) is 4.79 Å². The van der Waals surface area contributed by atoms with Crippen LogP contribution >= 0.6 is 0 Å². The Labute approximate surface area is 77.4 Å². The Kier molecular flexibility index (Phi) is 4.44. The Bertz CT molecular complexity index is 263. The maximum absolute atomic E-state index is 11.0. The van der Waals surface area contributed by atoms with Crippen molar-refractivity contribution in [2.75, 3.05) is 0 Å². The van der Waals surface area contributed by atoms with Gasteiger partial charge in [-0.1, -0.05) is 19.7 Å². The first-order chi connectivity index (χ1) is 6.02. The van der Waals surface area contributed by atoms with Crippen molar-refractivity contribution >= 4 is 11.8 Å². The van der Waals surface area contributed by atoms with Crippen molar-refractivity contribution in [1.29, 1.82) is 0 Å². The third-order valence-corrected chi connectivity index (χ3v) is 1.28. The molecule has 1 atom stereocenters. The van der Waals surface area contributed by atoms with E-state index < -0.39 is 17.9 Å². The summed E-state index contributed by atoms with van der Waals surface area (Å²) in [6, 6.07) is 0. The summed E-state index contributed by atoms with van der Waals surface area (Å²) in [5.41, 5.74) is 0.240. The quantitative estimate of drug-likeness (QED) is 0.365. The summed E-state index contributed by atoms with van der Waals surface area (Å²) in [6.07, 6.45) is 1.37. The number of carbonyl (C=O) groups excluding carboxylic acids is 2. The monoisotopic (exact) mass is 180 g/mol.